The Morgan fingerprint density at radius 1 is 1.21 bits per heavy atom. The number of likely N-dealkylation sites (N-methyl/N-ethyl adjacent to an activating group) is 1. The maximum absolute atomic E-state index is 3.49. The van der Waals surface area contributed by atoms with Crippen LogP contribution in [0.2, 0.25) is 0 Å². The molecule has 0 unspecified atom stereocenters. The van der Waals surface area contributed by atoms with Crippen LogP contribution in [0.25, 0.3) is 0 Å². The number of thioether (sulfide) groups is 1. The summed E-state index contributed by atoms with van der Waals surface area (Å²) in [6.45, 7) is 12.3. The molecular weight excluding hydrogens is 192 g/mol. The highest BCUT2D eigenvalue weighted by molar-refractivity contribution is 7.99. The van der Waals surface area contributed by atoms with Crippen molar-refractivity contribution in [3.63, 3.8) is 0 Å². The topological polar surface area (TPSA) is 15.3 Å². The monoisotopic (exact) mass is 218 g/mol. The summed E-state index contributed by atoms with van der Waals surface area (Å²) in [7, 11) is 2.19. The minimum atomic E-state index is 0.249. The molecule has 0 aliphatic rings. The lowest BCUT2D eigenvalue weighted by atomic mass is 10.1. The molecule has 0 fully saturated rings. The van der Waals surface area contributed by atoms with E-state index in [0.29, 0.717) is 0 Å². The summed E-state index contributed by atoms with van der Waals surface area (Å²) in [6, 6.07) is 0. The number of nitrogens with zero attached hydrogens (tertiary/aromatic N) is 1. The number of nitrogens with one attached hydrogen (secondary N) is 1. The van der Waals surface area contributed by atoms with Gasteiger partial charge in [0.25, 0.3) is 0 Å². The molecule has 0 heterocycles. The van der Waals surface area contributed by atoms with Gasteiger partial charge < -0.3 is 10.2 Å². The lowest BCUT2D eigenvalue weighted by molar-refractivity contribution is 0.324. The summed E-state index contributed by atoms with van der Waals surface area (Å²) in [5, 5.41) is 3.49. The van der Waals surface area contributed by atoms with Crippen molar-refractivity contribution in [2.75, 3.05) is 38.2 Å². The zero-order valence-corrected chi connectivity index (χ0v) is 11.2. The Balaban J connectivity index is 3.31. The minimum absolute atomic E-state index is 0.249. The molecule has 0 amide bonds. The van der Waals surface area contributed by atoms with Crippen LogP contribution in [0.3, 0.4) is 0 Å². The second-order valence-electron chi connectivity index (χ2n) is 4.68. The van der Waals surface area contributed by atoms with Gasteiger partial charge in [0, 0.05) is 30.9 Å². The van der Waals surface area contributed by atoms with Crippen molar-refractivity contribution in [1.82, 2.24) is 10.2 Å². The molecule has 0 bridgehead atoms. The maximum atomic E-state index is 3.49. The Morgan fingerprint density at radius 2 is 1.86 bits per heavy atom. The SMILES string of the molecule is CCSCCN(C)CCNC(C)(C)C. The molecular formula is C11H26N2S. The van der Waals surface area contributed by atoms with Crippen LogP contribution in [-0.2, 0) is 0 Å². The third kappa shape index (κ3) is 10.4. The summed E-state index contributed by atoms with van der Waals surface area (Å²) in [5.74, 6) is 2.48. The fraction of sp³-hybridized carbons (Fsp3) is 1.00. The van der Waals surface area contributed by atoms with E-state index in [4.69, 9.17) is 0 Å². The highest BCUT2D eigenvalue weighted by Crippen LogP contribution is 1.99. The van der Waals surface area contributed by atoms with Gasteiger partial charge in [-0.2, -0.15) is 11.8 Å². The first-order valence-electron chi connectivity index (χ1n) is 5.47. The summed E-state index contributed by atoms with van der Waals surface area (Å²) in [4.78, 5) is 2.39. The van der Waals surface area contributed by atoms with E-state index < -0.39 is 0 Å². The molecule has 86 valence electrons. The van der Waals surface area contributed by atoms with Gasteiger partial charge in [-0.3, -0.25) is 0 Å². The molecule has 3 heteroatoms. The third-order valence-electron chi connectivity index (χ3n) is 1.97. The summed E-state index contributed by atoms with van der Waals surface area (Å²) >= 11 is 2.01. The second kappa shape index (κ2) is 7.55. The van der Waals surface area contributed by atoms with Crippen LogP contribution in [0.4, 0.5) is 0 Å². The fourth-order valence-electron chi connectivity index (χ4n) is 1.10. The van der Waals surface area contributed by atoms with Gasteiger partial charge in [0.05, 0.1) is 0 Å². The van der Waals surface area contributed by atoms with E-state index >= 15 is 0 Å². The molecule has 0 rings (SSSR count). The Kier molecular flexibility index (Phi) is 7.69. The molecule has 0 radical (unpaired) electrons. The van der Waals surface area contributed by atoms with E-state index in [0.717, 1.165) is 13.1 Å². The zero-order valence-electron chi connectivity index (χ0n) is 10.4. The van der Waals surface area contributed by atoms with Gasteiger partial charge in [-0.25, -0.2) is 0 Å². The van der Waals surface area contributed by atoms with E-state index in [9.17, 15) is 0 Å². The predicted molar refractivity (Wildman–Crippen MR) is 68.3 cm³/mol. The number of hydrogen-bond donors (Lipinski definition) is 1. The quantitative estimate of drug-likeness (QED) is 0.659. The maximum Gasteiger partial charge on any atom is 0.0104 e. The summed E-state index contributed by atoms with van der Waals surface area (Å²) in [5.41, 5.74) is 0.249. The van der Waals surface area contributed by atoms with Crippen molar-refractivity contribution in [2.24, 2.45) is 0 Å². The molecule has 0 aromatic rings. The van der Waals surface area contributed by atoms with Gasteiger partial charge in [-0.15, -0.1) is 0 Å². The molecule has 1 N–H and O–H groups in total. The van der Waals surface area contributed by atoms with Gasteiger partial charge >= 0.3 is 0 Å². The van der Waals surface area contributed by atoms with E-state index in [1.54, 1.807) is 0 Å². The smallest absolute Gasteiger partial charge is 0.0104 e. The average molecular weight is 218 g/mol. The molecule has 0 saturated heterocycles. The van der Waals surface area contributed by atoms with Gasteiger partial charge in [-0.05, 0) is 33.6 Å². The van der Waals surface area contributed by atoms with E-state index in [-0.39, 0.29) is 5.54 Å². The molecule has 0 atom stereocenters. The fourth-order valence-corrected chi connectivity index (χ4v) is 1.83. The van der Waals surface area contributed by atoms with Crippen molar-refractivity contribution < 1.29 is 0 Å². The zero-order chi connectivity index (χ0) is 11.0. The molecule has 0 saturated carbocycles. The molecule has 0 spiro atoms. The highest BCUT2D eigenvalue weighted by Gasteiger charge is 2.07. The lowest BCUT2D eigenvalue weighted by Crippen LogP contribution is -2.40. The first-order valence-corrected chi connectivity index (χ1v) is 6.62. The molecule has 0 aliphatic carbocycles. The average Bonchev–Trinajstić information content (AvgIpc) is 2.02. The van der Waals surface area contributed by atoms with E-state index in [1.807, 2.05) is 11.8 Å². The highest BCUT2D eigenvalue weighted by atomic mass is 32.2. The molecule has 0 aliphatic heterocycles. The molecule has 0 aromatic carbocycles. The van der Waals surface area contributed by atoms with E-state index in [1.165, 1.54) is 18.1 Å². The van der Waals surface area contributed by atoms with Crippen LogP contribution in [-0.4, -0.2) is 48.6 Å². The van der Waals surface area contributed by atoms with Gasteiger partial charge in [0.15, 0.2) is 0 Å². The van der Waals surface area contributed by atoms with Crippen molar-refractivity contribution in [3.05, 3.63) is 0 Å². The first kappa shape index (κ1) is 14.3. The van der Waals surface area contributed by atoms with Gasteiger partial charge in [0.1, 0.15) is 0 Å². The summed E-state index contributed by atoms with van der Waals surface area (Å²) in [6.07, 6.45) is 0. The minimum Gasteiger partial charge on any atom is -0.311 e. The van der Waals surface area contributed by atoms with Crippen LogP contribution in [0, 0.1) is 0 Å². The van der Waals surface area contributed by atoms with Crippen LogP contribution in [0.15, 0.2) is 0 Å². The first-order chi connectivity index (χ1) is 6.45. The lowest BCUT2D eigenvalue weighted by Gasteiger charge is -2.23. The third-order valence-corrected chi connectivity index (χ3v) is 2.85. The van der Waals surface area contributed by atoms with Crippen molar-refractivity contribution in [2.45, 2.75) is 33.2 Å². The van der Waals surface area contributed by atoms with Crippen LogP contribution in [0.1, 0.15) is 27.7 Å². The van der Waals surface area contributed by atoms with Crippen LogP contribution in [0.5, 0.6) is 0 Å². The largest absolute Gasteiger partial charge is 0.311 e. The van der Waals surface area contributed by atoms with Gasteiger partial charge in [0.2, 0.25) is 0 Å². The molecule has 2 nitrogen and oxygen atoms in total. The standard InChI is InChI=1S/C11H26N2S/c1-6-14-10-9-13(5)8-7-12-11(2,3)4/h12H,6-10H2,1-5H3. The molecule has 14 heavy (non-hydrogen) atoms. The van der Waals surface area contributed by atoms with Crippen molar-refractivity contribution in [1.29, 1.82) is 0 Å². The normalized spacial score (nSPS) is 12.4. The van der Waals surface area contributed by atoms with Crippen LogP contribution < -0.4 is 5.32 Å². The summed E-state index contributed by atoms with van der Waals surface area (Å²) < 4.78 is 0. The van der Waals surface area contributed by atoms with Gasteiger partial charge in [-0.1, -0.05) is 6.92 Å². The Labute approximate surface area is 93.8 Å². The number of hydrogen-bond acceptors (Lipinski definition) is 3. The molecule has 0 aromatic heterocycles. The second-order valence-corrected chi connectivity index (χ2v) is 6.07. The Morgan fingerprint density at radius 3 is 2.36 bits per heavy atom. The van der Waals surface area contributed by atoms with Crippen LogP contribution >= 0.6 is 11.8 Å². The van der Waals surface area contributed by atoms with Crippen molar-refractivity contribution in [3.8, 4) is 0 Å². The van der Waals surface area contributed by atoms with Crippen molar-refractivity contribution >= 4 is 11.8 Å². The number of rotatable bonds is 7. The predicted octanol–water partition coefficient (Wildman–Crippen LogP) is 2.06. The van der Waals surface area contributed by atoms with E-state index in [2.05, 4.69) is 45.0 Å². The Hall–Kier alpha value is 0.270. The Bertz CT molecular complexity index is 132.